The topological polar surface area (TPSA) is 90.5 Å². The number of halogens is 2. The van der Waals surface area contributed by atoms with Crippen molar-refractivity contribution in [3.63, 3.8) is 0 Å². The number of benzene rings is 2. The van der Waals surface area contributed by atoms with E-state index in [0.717, 1.165) is 0 Å². The summed E-state index contributed by atoms with van der Waals surface area (Å²) in [7, 11) is 0. The largest absolute Gasteiger partial charge is 0.480 e. The number of carbonyl (C=O) groups excluding carboxylic acids is 1. The smallest absolute Gasteiger partial charge is 0.326 e. The van der Waals surface area contributed by atoms with Crippen LogP contribution in [0.2, 0.25) is 10.0 Å². The van der Waals surface area contributed by atoms with Crippen molar-refractivity contribution in [3.05, 3.63) is 58.1 Å². The van der Waals surface area contributed by atoms with Crippen molar-refractivity contribution in [3.8, 4) is 0 Å². The van der Waals surface area contributed by atoms with Crippen LogP contribution in [0.15, 0.2) is 42.5 Å². The zero-order chi connectivity index (χ0) is 18.0. The highest BCUT2D eigenvalue weighted by Gasteiger charge is 2.33. The minimum atomic E-state index is -1.02. The van der Waals surface area contributed by atoms with Crippen molar-refractivity contribution in [1.29, 1.82) is 0 Å². The first kappa shape index (κ1) is 17.4. The van der Waals surface area contributed by atoms with Crippen molar-refractivity contribution in [2.24, 2.45) is 0 Å². The Bertz CT molecular complexity index is 814. The van der Waals surface area contributed by atoms with Gasteiger partial charge in [0.2, 0.25) is 0 Å². The van der Waals surface area contributed by atoms with Gasteiger partial charge in [0.1, 0.15) is 6.04 Å². The maximum Gasteiger partial charge on any atom is 0.326 e. The van der Waals surface area contributed by atoms with Crippen molar-refractivity contribution >= 4 is 46.6 Å². The Balaban J connectivity index is 1.85. The van der Waals surface area contributed by atoms with E-state index in [0.29, 0.717) is 27.0 Å². The molecule has 130 valence electrons. The second kappa shape index (κ2) is 7.21. The van der Waals surface area contributed by atoms with Crippen molar-refractivity contribution in [2.45, 2.75) is 18.5 Å². The molecule has 0 aromatic heterocycles. The van der Waals surface area contributed by atoms with Gasteiger partial charge in [0.25, 0.3) is 0 Å². The second-order valence-electron chi connectivity index (χ2n) is 5.64. The fraction of sp³-hybridized carbons (Fsp3) is 0.176. The van der Waals surface area contributed by atoms with Crippen molar-refractivity contribution < 1.29 is 14.7 Å². The predicted octanol–water partition coefficient (Wildman–Crippen LogP) is 4.13. The van der Waals surface area contributed by atoms with Crippen LogP contribution in [0.4, 0.5) is 16.2 Å². The van der Waals surface area contributed by atoms with E-state index < -0.39 is 24.1 Å². The molecule has 8 heteroatoms. The van der Waals surface area contributed by atoms with Crippen LogP contribution in [-0.4, -0.2) is 23.1 Å². The minimum absolute atomic E-state index is 0.159. The van der Waals surface area contributed by atoms with Crippen LogP contribution in [0.5, 0.6) is 0 Å². The highest BCUT2D eigenvalue weighted by atomic mass is 35.5. The molecule has 0 saturated heterocycles. The standard InChI is InChI=1S/C17H15Cl2N3O3/c18-9-6-11(19)15-12(7-9)21-14(16(23)24)8-13(15)22-17(25)20-10-4-2-1-3-5-10/h1-7,13-14,21H,8H2,(H,23,24)(H2,20,22,25)/t13-,14+/m1/s1. The Morgan fingerprint density at radius 2 is 1.88 bits per heavy atom. The number of carboxylic acid groups (broad SMARTS) is 1. The number of amides is 2. The molecule has 4 N–H and O–H groups in total. The molecule has 0 saturated carbocycles. The SMILES string of the molecule is O=C(Nc1ccccc1)N[C@@H]1C[C@@H](C(=O)O)Nc2cc(Cl)cc(Cl)c21. The van der Waals surface area contributed by atoms with E-state index in [-0.39, 0.29) is 6.42 Å². The van der Waals surface area contributed by atoms with Gasteiger partial charge in [0.05, 0.1) is 6.04 Å². The lowest BCUT2D eigenvalue weighted by Crippen LogP contribution is -2.42. The molecular weight excluding hydrogens is 365 g/mol. The van der Waals surface area contributed by atoms with Gasteiger partial charge in [-0.15, -0.1) is 0 Å². The Hall–Kier alpha value is -2.44. The molecule has 0 radical (unpaired) electrons. The van der Waals surface area contributed by atoms with Gasteiger partial charge in [-0.3, -0.25) is 0 Å². The quantitative estimate of drug-likeness (QED) is 0.645. The first-order valence-corrected chi connectivity index (χ1v) is 8.30. The molecule has 0 aliphatic carbocycles. The molecule has 0 unspecified atom stereocenters. The highest BCUT2D eigenvalue weighted by Crippen LogP contribution is 2.39. The first-order chi connectivity index (χ1) is 11.9. The van der Waals surface area contributed by atoms with Crippen LogP contribution in [-0.2, 0) is 4.79 Å². The molecule has 1 aliphatic rings. The third-order valence-electron chi connectivity index (χ3n) is 3.88. The van der Waals surface area contributed by atoms with Gasteiger partial charge in [0.15, 0.2) is 0 Å². The van der Waals surface area contributed by atoms with E-state index in [9.17, 15) is 14.7 Å². The number of aliphatic carboxylic acids is 1. The predicted molar refractivity (Wildman–Crippen MR) is 97.5 cm³/mol. The Morgan fingerprint density at radius 1 is 1.16 bits per heavy atom. The average molecular weight is 380 g/mol. The number of hydrogen-bond acceptors (Lipinski definition) is 3. The molecule has 2 aromatic carbocycles. The van der Waals surface area contributed by atoms with Crippen molar-refractivity contribution in [1.82, 2.24) is 5.32 Å². The molecule has 2 aromatic rings. The zero-order valence-electron chi connectivity index (χ0n) is 12.9. The molecule has 0 spiro atoms. The Kier molecular flexibility index (Phi) is 5.01. The monoisotopic (exact) mass is 379 g/mol. The molecule has 2 atom stereocenters. The zero-order valence-corrected chi connectivity index (χ0v) is 14.4. The number of anilines is 2. The molecule has 0 bridgehead atoms. The van der Waals surface area contributed by atoms with Crippen LogP contribution >= 0.6 is 23.2 Å². The fourth-order valence-corrected chi connectivity index (χ4v) is 3.42. The van der Waals surface area contributed by atoms with Gasteiger partial charge in [-0.25, -0.2) is 9.59 Å². The summed E-state index contributed by atoms with van der Waals surface area (Å²) in [6.07, 6.45) is 0.159. The number of carboxylic acids is 1. The van der Waals surface area contributed by atoms with Gasteiger partial charge < -0.3 is 21.1 Å². The van der Waals surface area contributed by atoms with E-state index in [1.165, 1.54) is 0 Å². The second-order valence-corrected chi connectivity index (χ2v) is 6.48. The van der Waals surface area contributed by atoms with Gasteiger partial charge in [-0.2, -0.15) is 0 Å². The number of carbonyl (C=O) groups is 2. The number of nitrogens with one attached hydrogen (secondary N) is 3. The van der Waals surface area contributed by atoms with Gasteiger partial charge in [-0.1, -0.05) is 41.4 Å². The summed E-state index contributed by atoms with van der Waals surface area (Å²) in [4.78, 5) is 23.7. The molecule has 6 nitrogen and oxygen atoms in total. The summed E-state index contributed by atoms with van der Waals surface area (Å²) in [5.74, 6) is -1.02. The molecule has 0 fully saturated rings. The summed E-state index contributed by atoms with van der Waals surface area (Å²) in [5, 5.41) is 18.5. The lowest BCUT2D eigenvalue weighted by atomic mass is 9.93. The maximum absolute atomic E-state index is 12.3. The normalized spacial score (nSPS) is 18.6. The van der Waals surface area contributed by atoms with E-state index in [2.05, 4.69) is 16.0 Å². The molecule has 25 heavy (non-hydrogen) atoms. The number of para-hydroxylation sites is 1. The Morgan fingerprint density at radius 3 is 2.56 bits per heavy atom. The lowest BCUT2D eigenvalue weighted by Gasteiger charge is -2.32. The summed E-state index contributed by atoms with van der Waals surface area (Å²) in [6, 6.07) is 10.2. The van der Waals surface area contributed by atoms with E-state index in [4.69, 9.17) is 23.2 Å². The number of fused-ring (bicyclic) bond motifs is 1. The van der Waals surface area contributed by atoms with Crippen LogP contribution in [0.25, 0.3) is 0 Å². The highest BCUT2D eigenvalue weighted by molar-refractivity contribution is 6.35. The summed E-state index contributed by atoms with van der Waals surface area (Å²) >= 11 is 12.3. The van der Waals surface area contributed by atoms with Gasteiger partial charge in [-0.05, 0) is 24.3 Å². The first-order valence-electron chi connectivity index (χ1n) is 7.55. The van der Waals surface area contributed by atoms with Crippen LogP contribution in [0.3, 0.4) is 0 Å². The summed E-state index contributed by atoms with van der Waals surface area (Å²) < 4.78 is 0. The van der Waals surface area contributed by atoms with Gasteiger partial charge >= 0.3 is 12.0 Å². The van der Waals surface area contributed by atoms with Crippen LogP contribution in [0.1, 0.15) is 18.0 Å². The number of rotatable bonds is 3. The summed E-state index contributed by atoms with van der Waals surface area (Å²) in [6.45, 7) is 0. The molecular formula is C17H15Cl2N3O3. The van der Waals surface area contributed by atoms with Crippen molar-refractivity contribution in [2.75, 3.05) is 10.6 Å². The van der Waals surface area contributed by atoms with E-state index >= 15 is 0 Å². The van der Waals surface area contributed by atoms with E-state index in [1.54, 1.807) is 36.4 Å². The van der Waals surface area contributed by atoms with Crippen LogP contribution in [0, 0.1) is 0 Å². The molecule has 1 heterocycles. The molecule has 3 rings (SSSR count). The molecule has 1 aliphatic heterocycles. The third kappa shape index (κ3) is 3.97. The van der Waals surface area contributed by atoms with Crippen LogP contribution < -0.4 is 16.0 Å². The minimum Gasteiger partial charge on any atom is -0.480 e. The lowest BCUT2D eigenvalue weighted by molar-refractivity contribution is -0.138. The maximum atomic E-state index is 12.3. The fourth-order valence-electron chi connectivity index (χ4n) is 2.80. The van der Waals surface area contributed by atoms with Gasteiger partial charge in [0, 0.05) is 33.4 Å². The third-order valence-corrected chi connectivity index (χ3v) is 4.41. The Labute approximate surface area is 154 Å². The average Bonchev–Trinajstić information content (AvgIpc) is 2.54. The number of hydrogen-bond donors (Lipinski definition) is 4. The summed E-state index contributed by atoms with van der Waals surface area (Å²) in [5.41, 5.74) is 1.75. The molecule has 2 amide bonds. The van der Waals surface area contributed by atoms with E-state index in [1.807, 2.05) is 6.07 Å². The number of urea groups is 1.